The number of allylic oxidation sites excluding steroid dienone is 3. The first kappa shape index (κ1) is 30.5. The maximum absolute atomic E-state index is 16.4. The SMILES string of the molecule is COc1c(C(C)(C)C)ccc(C(C)(C)C)c1/C=C/C1=[N+]2C(=Cc3ccc(CCC(=O)NCCO)n3[B-]2(F)F)C(C)=C1. The number of halogens is 2. The average Bonchev–Trinajstić information content (AvgIpc) is 3.44. The van der Waals surface area contributed by atoms with Gasteiger partial charge in [0.05, 0.1) is 13.7 Å². The molecule has 1 amide bonds. The summed E-state index contributed by atoms with van der Waals surface area (Å²) in [5.41, 5.74) is 5.07. The third-order valence-corrected chi connectivity index (χ3v) is 7.73. The molecular formula is C32H42BF2N3O3. The Bertz CT molecular complexity index is 1480. The number of fused-ring (bicyclic) bond motifs is 2. The van der Waals surface area contributed by atoms with Crippen molar-refractivity contribution in [1.29, 1.82) is 0 Å². The van der Waals surface area contributed by atoms with Crippen LogP contribution >= 0.6 is 0 Å². The number of aromatic nitrogens is 1. The van der Waals surface area contributed by atoms with Crippen molar-refractivity contribution in [3.05, 3.63) is 75.8 Å². The average molecular weight is 566 g/mol. The first-order valence-corrected chi connectivity index (χ1v) is 14.2. The molecule has 1 aromatic heterocycles. The number of carbonyl (C=O) groups is 1. The summed E-state index contributed by atoms with van der Waals surface area (Å²) in [6, 6.07) is 7.56. The van der Waals surface area contributed by atoms with E-state index in [9.17, 15) is 4.79 Å². The molecule has 2 N–H and O–H groups in total. The van der Waals surface area contributed by atoms with E-state index in [1.54, 1.807) is 37.5 Å². The lowest BCUT2D eigenvalue weighted by atomic mass is 9.78. The minimum Gasteiger partial charge on any atom is -0.496 e. The molecule has 220 valence electrons. The van der Waals surface area contributed by atoms with Crippen molar-refractivity contribution < 1.29 is 27.8 Å². The van der Waals surface area contributed by atoms with Crippen molar-refractivity contribution in [3.8, 4) is 5.75 Å². The van der Waals surface area contributed by atoms with Crippen molar-refractivity contribution in [2.75, 3.05) is 20.3 Å². The number of carbonyl (C=O) groups excluding carboxylic acids is 1. The van der Waals surface area contributed by atoms with E-state index in [1.807, 2.05) is 13.0 Å². The maximum atomic E-state index is 16.4. The molecule has 0 saturated heterocycles. The lowest BCUT2D eigenvalue weighted by Gasteiger charge is -2.31. The second-order valence-electron chi connectivity index (χ2n) is 12.9. The Morgan fingerprint density at radius 3 is 2.32 bits per heavy atom. The summed E-state index contributed by atoms with van der Waals surface area (Å²) < 4.78 is 41.0. The number of aliphatic hydroxyl groups excluding tert-OH is 1. The summed E-state index contributed by atoms with van der Waals surface area (Å²) in [5.74, 6) is 0.467. The third-order valence-electron chi connectivity index (χ3n) is 7.73. The van der Waals surface area contributed by atoms with E-state index < -0.39 is 6.97 Å². The van der Waals surface area contributed by atoms with Crippen molar-refractivity contribution in [3.63, 3.8) is 0 Å². The van der Waals surface area contributed by atoms with Crippen LogP contribution in [-0.2, 0) is 22.0 Å². The number of aliphatic hydroxyl groups is 1. The predicted molar refractivity (Wildman–Crippen MR) is 163 cm³/mol. The molecule has 2 aliphatic heterocycles. The zero-order valence-corrected chi connectivity index (χ0v) is 25.4. The van der Waals surface area contributed by atoms with E-state index >= 15 is 8.63 Å². The molecule has 0 aliphatic carbocycles. The van der Waals surface area contributed by atoms with Crippen molar-refractivity contribution in [2.24, 2.45) is 0 Å². The Morgan fingerprint density at radius 2 is 1.71 bits per heavy atom. The van der Waals surface area contributed by atoms with Crippen LogP contribution in [0.3, 0.4) is 0 Å². The van der Waals surface area contributed by atoms with Crippen LogP contribution in [0.15, 0.2) is 47.7 Å². The molecule has 0 saturated carbocycles. The fourth-order valence-electron chi connectivity index (χ4n) is 5.74. The summed E-state index contributed by atoms with van der Waals surface area (Å²) in [6.45, 7) is 10.4. The lowest BCUT2D eigenvalue weighted by molar-refractivity contribution is -0.361. The van der Waals surface area contributed by atoms with E-state index in [0.29, 0.717) is 22.8 Å². The lowest BCUT2D eigenvalue weighted by Crippen LogP contribution is -2.50. The monoisotopic (exact) mass is 565 g/mol. The van der Waals surface area contributed by atoms with Gasteiger partial charge in [0.1, 0.15) is 5.75 Å². The van der Waals surface area contributed by atoms with Gasteiger partial charge in [0.25, 0.3) is 0 Å². The number of rotatable bonds is 8. The second kappa shape index (κ2) is 11.1. The van der Waals surface area contributed by atoms with Gasteiger partial charge in [-0.1, -0.05) is 53.7 Å². The number of benzene rings is 1. The number of hydrogen-bond donors (Lipinski definition) is 2. The Kier molecular flexibility index (Phi) is 8.25. The fourth-order valence-corrected chi connectivity index (χ4v) is 5.74. The van der Waals surface area contributed by atoms with E-state index in [1.165, 1.54) is 0 Å². The Balaban J connectivity index is 1.80. The van der Waals surface area contributed by atoms with Gasteiger partial charge >= 0.3 is 6.97 Å². The Hall–Kier alpha value is -3.46. The number of aryl methyl sites for hydroxylation is 1. The molecule has 0 atom stereocenters. The van der Waals surface area contributed by atoms with Gasteiger partial charge in [0, 0.05) is 53.6 Å². The Morgan fingerprint density at radius 1 is 1.05 bits per heavy atom. The second-order valence-corrected chi connectivity index (χ2v) is 12.9. The van der Waals surface area contributed by atoms with Gasteiger partial charge in [-0.3, -0.25) is 4.79 Å². The minimum atomic E-state index is -4.23. The summed E-state index contributed by atoms with van der Waals surface area (Å²) in [6.07, 6.45) is 7.46. The normalized spacial score (nSPS) is 16.5. The molecule has 0 fully saturated rings. The molecule has 3 heterocycles. The highest BCUT2D eigenvalue weighted by molar-refractivity contribution is 6.58. The van der Waals surface area contributed by atoms with E-state index in [-0.39, 0.29) is 42.7 Å². The molecule has 6 nitrogen and oxygen atoms in total. The van der Waals surface area contributed by atoms with Crippen LogP contribution in [0.4, 0.5) is 8.63 Å². The van der Waals surface area contributed by atoms with Gasteiger partial charge in [-0.15, -0.1) is 0 Å². The molecule has 1 aromatic carbocycles. The quantitative estimate of drug-likeness (QED) is 0.396. The molecular weight excluding hydrogens is 523 g/mol. The number of ether oxygens (including phenoxy) is 1. The first-order valence-electron chi connectivity index (χ1n) is 14.2. The Labute approximate surface area is 242 Å². The van der Waals surface area contributed by atoms with Gasteiger partial charge in [-0.2, -0.15) is 0 Å². The van der Waals surface area contributed by atoms with Gasteiger partial charge in [-0.05, 0) is 53.6 Å². The molecule has 0 unspecified atom stereocenters. The van der Waals surface area contributed by atoms with Gasteiger partial charge in [0.15, 0.2) is 11.4 Å². The third kappa shape index (κ3) is 5.82. The van der Waals surface area contributed by atoms with E-state index in [4.69, 9.17) is 9.84 Å². The molecule has 4 rings (SSSR count). The summed E-state index contributed by atoms with van der Waals surface area (Å²) >= 11 is 0. The van der Waals surface area contributed by atoms with Gasteiger partial charge in [-0.25, -0.2) is 0 Å². The largest absolute Gasteiger partial charge is 0.737 e. The number of amides is 1. The highest BCUT2D eigenvalue weighted by Crippen LogP contribution is 2.41. The van der Waals surface area contributed by atoms with Crippen LogP contribution in [0.1, 0.15) is 83.0 Å². The first-order chi connectivity index (χ1) is 19.1. The standard InChI is InChI=1S/C32H42BF2N3O3/c1-21-19-23(11-13-25-26(31(2,3)4)14-15-27(30(25)41-8)32(5,6)7)38-28(21)20-24-10-9-22(37(24)33(38,34)35)12-16-29(40)36-17-18-39/h9-11,13-15,19-20,39H,12,16-18H2,1-8H3,(H,36,40)/b13-11+. The predicted octanol–water partition coefficient (Wildman–Crippen LogP) is 5.84. The molecule has 0 radical (unpaired) electrons. The van der Waals surface area contributed by atoms with Crippen LogP contribution < -0.4 is 10.1 Å². The number of hydrogen-bond acceptors (Lipinski definition) is 3. The van der Waals surface area contributed by atoms with E-state index in [0.717, 1.165) is 37.0 Å². The maximum Gasteiger partial charge on any atom is 0.737 e. The molecule has 9 heteroatoms. The number of nitrogens with one attached hydrogen (secondary N) is 1. The molecule has 2 aromatic rings. The van der Waals surface area contributed by atoms with Crippen LogP contribution in [0.5, 0.6) is 5.75 Å². The van der Waals surface area contributed by atoms with Crippen LogP contribution in [0.2, 0.25) is 0 Å². The zero-order chi connectivity index (χ0) is 30.3. The van der Waals surface area contributed by atoms with Crippen molar-refractivity contribution in [1.82, 2.24) is 9.79 Å². The number of methoxy groups -OCH3 is 1. The topological polar surface area (TPSA) is 66.5 Å². The summed E-state index contributed by atoms with van der Waals surface area (Å²) in [5, 5.41) is 11.5. The molecule has 41 heavy (non-hydrogen) atoms. The van der Waals surface area contributed by atoms with Crippen molar-refractivity contribution >= 4 is 30.7 Å². The smallest absolute Gasteiger partial charge is 0.496 e. The minimum absolute atomic E-state index is 0.0550. The van der Waals surface area contributed by atoms with E-state index in [2.05, 4.69) is 59.0 Å². The summed E-state index contributed by atoms with van der Waals surface area (Å²) in [7, 11) is 1.66. The summed E-state index contributed by atoms with van der Waals surface area (Å²) in [4.78, 5) is 12.1. The van der Waals surface area contributed by atoms with Crippen LogP contribution in [0.25, 0.3) is 12.2 Å². The van der Waals surface area contributed by atoms with Gasteiger partial charge < -0.3 is 32.8 Å². The highest BCUT2D eigenvalue weighted by atomic mass is 19.2. The van der Waals surface area contributed by atoms with Crippen LogP contribution in [-0.4, -0.2) is 52.9 Å². The highest BCUT2D eigenvalue weighted by Gasteiger charge is 2.53. The zero-order valence-electron chi connectivity index (χ0n) is 25.4. The molecule has 0 spiro atoms. The van der Waals surface area contributed by atoms with Crippen molar-refractivity contribution in [2.45, 2.75) is 72.1 Å². The fraction of sp³-hybridized carbons (Fsp3) is 0.438. The van der Waals surface area contributed by atoms with Gasteiger partial charge in [0.2, 0.25) is 5.91 Å². The molecule has 0 bridgehead atoms. The number of nitrogens with zero attached hydrogens (tertiary/aromatic N) is 2. The molecule has 2 aliphatic rings. The van der Waals surface area contributed by atoms with Crippen LogP contribution in [0, 0.1) is 0 Å².